The number of rotatable bonds is 5. The molecule has 0 bridgehead atoms. The van der Waals surface area contributed by atoms with Gasteiger partial charge in [-0.1, -0.05) is 77.3 Å². The first kappa shape index (κ1) is 24.1. The zero-order valence-corrected chi connectivity index (χ0v) is 21.8. The molecule has 2 heterocycles. The number of hydrogen-bond acceptors (Lipinski definition) is 5. The summed E-state index contributed by atoms with van der Waals surface area (Å²) >= 11 is 13.6. The molecule has 180 valence electrons. The van der Waals surface area contributed by atoms with Crippen molar-refractivity contribution in [2.24, 2.45) is 0 Å². The van der Waals surface area contributed by atoms with Crippen molar-refractivity contribution in [3.63, 3.8) is 0 Å². The fourth-order valence-electron chi connectivity index (χ4n) is 4.02. The number of nitrogens with zero attached hydrogens (tertiary/aromatic N) is 1. The standard InChI is InChI=1S/C28H21Cl2N3O2S/c1-15-10-12-16(13-11-15)21-14-18(17-6-3-4-9-22(17)35-2)23-25(31)26(36-28(23)33-21)27(34)32-20-8-5-7-19(29)24(20)30/h3-14H,31H2,1-2H3,(H,32,34). The van der Waals surface area contributed by atoms with Gasteiger partial charge in [0, 0.05) is 16.5 Å². The summed E-state index contributed by atoms with van der Waals surface area (Å²) in [5.41, 5.74) is 11.9. The fourth-order valence-corrected chi connectivity index (χ4v) is 5.38. The highest BCUT2D eigenvalue weighted by atomic mass is 35.5. The molecule has 0 aliphatic carbocycles. The van der Waals surface area contributed by atoms with E-state index >= 15 is 0 Å². The van der Waals surface area contributed by atoms with Crippen LogP contribution < -0.4 is 15.8 Å². The van der Waals surface area contributed by atoms with E-state index in [0.29, 0.717) is 37.2 Å². The second-order valence-electron chi connectivity index (χ2n) is 8.20. The highest BCUT2D eigenvalue weighted by Gasteiger charge is 2.23. The van der Waals surface area contributed by atoms with Gasteiger partial charge >= 0.3 is 0 Å². The molecular formula is C28H21Cl2N3O2S. The third kappa shape index (κ3) is 4.39. The van der Waals surface area contributed by atoms with Crippen molar-refractivity contribution in [3.8, 4) is 28.1 Å². The van der Waals surface area contributed by atoms with E-state index in [0.717, 1.165) is 27.9 Å². The van der Waals surface area contributed by atoms with Crippen LogP contribution in [0.5, 0.6) is 5.75 Å². The average molecular weight is 534 g/mol. The number of nitrogens with two attached hydrogens (primary N) is 1. The Bertz CT molecular complexity index is 1610. The smallest absolute Gasteiger partial charge is 0.267 e. The van der Waals surface area contributed by atoms with Crippen molar-refractivity contribution in [1.82, 2.24) is 4.98 Å². The van der Waals surface area contributed by atoms with E-state index in [4.69, 9.17) is 38.7 Å². The van der Waals surface area contributed by atoms with Crippen LogP contribution in [0, 0.1) is 6.92 Å². The van der Waals surface area contributed by atoms with Gasteiger partial charge in [0.05, 0.1) is 34.2 Å². The van der Waals surface area contributed by atoms with Crippen molar-refractivity contribution in [2.75, 3.05) is 18.2 Å². The average Bonchev–Trinajstić information content (AvgIpc) is 3.23. The summed E-state index contributed by atoms with van der Waals surface area (Å²) in [7, 11) is 1.63. The van der Waals surface area contributed by atoms with E-state index in [-0.39, 0.29) is 10.9 Å². The van der Waals surface area contributed by atoms with Crippen molar-refractivity contribution in [2.45, 2.75) is 6.92 Å². The first-order valence-corrected chi connectivity index (χ1v) is 12.6. The van der Waals surface area contributed by atoms with Gasteiger partial charge in [-0.2, -0.15) is 0 Å². The fraction of sp³-hybridized carbons (Fsp3) is 0.0714. The maximum atomic E-state index is 13.3. The molecule has 0 saturated carbocycles. The maximum absolute atomic E-state index is 13.3. The summed E-state index contributed by atoms with van der Waals surface area (Å²) < 4.78 is 5.64. The predicted octanol–water partition coefficient (Wildman–Crippen LogP) is 8.09. The molecule has 8 heteroatoms. The van der Waals surface area contributed by atoms with Gasteiger partial charge in [0.2, 0.25) is 0 Å². The highest BCUT2D eigenvalue weighted by molar-refractivity contribution is 7.21. The normalized spacial score (nSPS) is 11.0. The zero-order valence-electron chi connectivity index (χ0n) is 19.4. The monoisotopic (exact) mass is 533 g/mol. The number of benzene rings is 3. The Balaban J connectivity index is 1.70. The van der Waals surface area contributed by atoms with Crippen LogP contribution in [0.15, 0.2) is 72.8 Å². The molecule has 5 nitrogen and oxygen atoms in total. The lowest BCUT2D eigenvalue weighted by molar-refractivity contribution is 0.103. The number of nitrogens with one attached hydrogen (secondary N) is 1. The summed E-state index contributed by atoms with van der Waals surface area (Å²) in [6.45, 7) is 2.04. The second kappa shape index (κ2) is 9.82. The quantitative estimate of drug-likeness (QED) is 0.239. The molecule has 1 amide bonds. The van der Waals surface area contributed by atoms with Crippen molar-refractivity contribution in [3.05, 3.63) is 93.3 Å². The molecule has 5 rings (SSSR count). The first-order valence-electron chi connectivity index (χ1n) is 11.1. The van der Waals surface area contributed by atoms with Crippen LogP contribution in [-0.4, -0.2) is 18.0 Å². The molecule has 0 fully saturated rings. The number of aromatic nitrogens is 1. The van der Waals surface area contributed by atoms with Crippen LogP contribution in [0.4, 0.5) is 11.4 Å². The largest absolute Gasteiger partial charge is 0.496 e. The Hall–Kier alpha value is -3.58. The molecule has 3 aromatic carbocycles. The lowest BCUT2D eigenvalue weighted by Gasteiger charge is -2.12. The van der Waals surface area contributed by atoms with Crippen LogP contribution >= 0.6 is 34.5 Å². The number of anilines is 2. The van der Waals surface area contributed by atoms with E-state index in [1.54, 1.807) is 25.3 Å². The number of fused-ring (bicyclic) bond motifs is 1. The molecule has 3 N–H and O–H groups in total. The first-order chi connectivity index (χ1) is 17.4. The third-order valence-corrected chi connectivity index (χ3v) is 7.77. The molecule has 0 spiro atoms. The van der Waals surface area contributed by atoms with Gasteiger partial charge in [0.25, 0.3) is 5.91 Å². The number of amides is 1. The summed E-state index contributed by atoms with van der Waals surface area (Å²) in [5, 5.41) is 4.14. The zero-order chi connectivity index (χ0) is 25.4. The summed E-state index contributed by atoms with van der Waals surface area (Å²) in [6, 6.07) is 22.9. The molecule has 0 aliphatic rings. The third-order valence-electron chi connectivity index (χ3n) is 5.85. The molecule has 0 radical (unpaired) electrons. The number of hydrogen-bond donors (Lipinski definition) is 2. The lowest BCUT2D eigenvalue weighted by atomic mass is 9.98. The van der Waals surface area contributed by atoms with Gasteiger partial charge in [-0.05, 0) is 36.8 Å². The molecular weight excluding hydrogens is 513 g/mol. The Morgan fingerprint density at radius 2 is 1.75 bits per heavy atom. The van der Waals surface area contributed by atoms with Crippen LogP contribution in [0.1, 0.15) is 15.2 Å². The highest BCUT2D eigenvalue weighted by Crippen LogP contribution is 2.44. The Labute approximate surface area is 222 Å². The van der Waals surface area contributed by atoms with Crippen LogP contribution in [-0.2, 0) is 0 Å². The molecule has 36 heavy (non-hydrogen) atoms. The summed E-state index contributed by atoms with van der Waals surface area (Å²) in [5.74, 6) is 0.310. The van der Waals surface area contributed by atoms with E-state index in [9.17, 15) is 4.79 Å². The van der Waals surface area contributed by atoms with Gasteiger partial charge in [0.15, 0.2) is 0 Å². The van der Waals surface area contributed by atoms with E-state index in [1.165, 1.54) is 11.3 Å². The predicted molar refractivity (Wildman–Crippen MR) is 151 cm³/mol. The van der Waals surface area contributed by atoms with Gasteiger partial charge in [0.1, 0.15) is 15.5 Å². The summed E-state index contributed by atoms with van der Waals surface area (Å²) in [6.07, 6.45) is 0. The van der Waals surface area contributed by atoms with Gasteiger partial charge in [-0.25, -0.2) is 4.98 Å². The number of carbonyl (C=O) groups excluding carboxylic acids is 1. The molecule has 5 aromatic rings. The SMILES string of the molecule is COc1ccccc1-c1cc(-c2ccc(C)cc2)nc2sc(C(=O)Nc3cccc(Cl)c3Cl)c(N)c12. The Morgan fingerprint density at radius 1 is 1.00 bits per heavy atom. The number of aryl methyl sites for hydroxylation is 1. The Morgan fingerprint density at radius 3 is 2.50 bits per heavy atom. The number of halogens is 2. The molecule has 0 unspecified atom stereocenters. The van der Waals surface area contributed by atoms with E-state index < -0.39 is 0 Å². The molecule has 2 aromatic heterocycles. The minimum absolute atomic E-state index is 0.265. The van der Waals surface area contributed by atoms with Crippen molar-refractivity contribution in [1.29, 1.82) is 0 Å². The number of nitrogen functional groups attached to an aromatic ring is 1. The van der Waals surface area contributed by atoms with E-state index in [2.05, 4.69) is 5.32 Å². The van der Waals surface area contributed by atoms with Gasteiger partial charge < -0.3 is 15.8 Å². The van der Waals surface area contributed by atoms with Gasteiger partial charge in [-0.3, -0.25) is 4.79 Å². The number of pyridine rings is 1. The van der Waals surface area contributed by atoms with Crippen LogP contribution in [0.3, 0.4) is 0 Å². The van der Waals surface area contributed by atoms with E-state index in [1.807, 2.05) is 61.5 Å². The molecule has 0 aliphatic heterocycles. The molecule has 0 saturated heterocycles. The maximum Gasteiger partial charge on any atom is 0.267 e. The number of ether oxygens (including phenoxy) is 1. The number of carbonyl (C=O) groups is 1. The topological polar surface area (TPSA) is 77.2 Å². The summed E-state index contributed by atoms with van der Waals surface area (Å²) in [4.78, 5) is 19.2. The number of thiophene rings is 1. The minimum atomic E-state index is -0.387. The second-order valence-corrected chi connectivity index (χ2v) is 9.99. The van der Waals surface area contributed by atoms with Gasteiger partial charge in [-0.15, -0.1) is 11.3 Å². The van der Waals surface area contributed by atoms with Crippen LogP contribution in [0.2, 0.25) is 10.0 Å². The minimum Gasteiger partial charge on any atom is -0.496 e. The number of methoxy groups -OCH3 is 1. The van der Waals surface area contributed by atoms with Crippen molar-refractivity contribution < 1.29 is 9.53 Å². The van der Waals surface area contributed by atoms with Crippen LogP contribution in [0.25, 0.3) is 32.6 Å². The molecule has 0 atom stereocenters. The lowest BCUT2D eigenvalue weighted by Crippen LogP contribution is -2.12. The Kier molecular flexibility index (Phi) is 6.58. The number of para-hydroxylation sites is 1. The van der Waals surface area contributed by atoms with Crippen molar-refractivity contribution >= 4 is 62.0 Å².